The zero-order valence-corrected chi connectivity index (χ0v) is 14.2. The molecular weight excluding hydrogens is 299 g/mol. The maximum absolute atomic E-state index is 12.2. The van der Waals surface area contributed by atoms with Crippen LogP contribution in [0.5, 0.6) is 0 Å². The highest BCUT2D eigenvalue weighted by Crippen LogP contribution is 2.38. The summed E-state index contributed by atoms with van der Waals surface area (Å²) in [4.78, 5) is 12.7. The molecule has 0 saturated carbocycles. The number of thiophene rings is 1. The van der Waals surface area contributed by atoms with Crippen LogP contribution in [0.2, 0.25) is 0 Å². The van der Waals surface area contributed by atoms with Gasteiger partial charge in [0.05, 0.1) is 18.3 Å². The zero-order chi connectivity index (χ0) is 16.1. The number of carbonyl (C=O) groups is 1. The van der Waals surface area contributed by atoms with Crippen LogP contribution in [0.4, 0.5) is 0 Å². The van der Waals surface area contributed by atoms with Gasteiger partial charge in [0.2, 0.25) is 0 Å². The second kappa shape index (κ2) is 5.08. The van der Waals surface area contributed by atoms with Gasteiger partial charge in [0, 0.05) is 10.2 Å². The summed E-state index contributed by atoms with van der Waals surface area (Å²) in [6.07, 6.45) is 0. The van der Waals surface area contributed by atoms with E-state index in [1.54, 1.807) is 0 Å². The molecule has 3 rings (SSSR count). The molecule has 2 heterocycles. The van der Waals surface area contributed by atoms with E-state index >= 15 is 0 Å². The van der Waals surface area contributed by atoms with Crippen LogP contribution in [0, 0.1) is 0 Å². The number of hydrogen-bond acceptors (Lipinski definition) is 5. The monoisotopic (exact) mass is 318 g/mol. The SMILES string of the molecule is COC(=O)c1sc2ccccc2c1B1OC(C)(C)C(C)(C)O1. The van der Waals surface area contributed by atoms with Crippen LogP contribution in [0.3, 0.4) is 0 Å². The lowest BCUT2D eigenvalue weighted by atomic mass is 9.77. The van der Waals surface area contributed by atoms with Crippen LogP contribution in [0.25, 0.3) is 10.1 Å². The van der Waals surface area contributed by atoms with Gasteiger partial charge in [-0.2, -0.15) is 0 Å². The van der Waals surface area contributed by atoms with Crippen molar-refractivity contribution in [2.75, 3.05) is 7.11 Å². The Morgan fingerprint density at radius 2 is 1.73 bits per heavy atom. The lowest BCUT2D eigenvalue weighted by molar-refractivity contribution is 0.00578. The van der Waals surface area contributed by atoms with Crippen molar-refractivity contribution in [3.05, 3.63) is 29.1 Å². The Kier molecular flexibility index (Phi) is 3.59. The molecule has 6 heteroatoms. The molecule has 0 aliphatic carbocycles. The molecule has 4 nitrogen and oxygen atoms in total. The minimum absolute atomic E-state index is 0.356. The van der Waals surface area contributed by atoms with E-state index < -0.39 is 18.3 Å². The summed E-state index contributed by atoms with van der Waals surface area (Å²) < 4.78 is 18.2. The summed E-state index contributed by atoms with van der Waals surface area (Å²) in [6.45, 7) is 8.00. The summed E-state index contributed by atoms with van der Waals surface area (Å²) in [5.74, 6) is -0.356. The number of hydrogen-bond donors (Lipinski definition) is 0. The van der Waals surface area contributed by atoms with Gasteiger partial charge in [-0.15, -0.1) is 11.3 Å². The number of benzene rings is 1. The van der Waals surface area contributed by atoms with Crippen LogP contribution < -0.4 is 5.46 Å². The highest BCUT2D eigenvalue weighted by atomic mass is 32.1. The Morgan fingerprint density at radius 3 is 2.32 bits per heavy atom. The van der Waals surface area contributed by atoms with Crippen LogP contribution in [-0.2, 0) is 14.0 Å². The minimum atomic E-state index is -0.574. The Bertz CT molecular complexity index is 719. The molecule has 0 radical (unpaired) electrons. The molecule has 22 heavy (non-hydrogen) atoms. The molecule has 116 valence electrons. The normalized spacial score (nSPS) is 19.6. The first-order chi connectivity index (χ1) is 10.3. The third kappa shape index (κ3) is 2.26. The van der Waals surface area contributed by atoms with Gasteiger partial charge in [-0.25, -0.2) is 4.79 Å². The van der Waals surface area contributed by atoms with Crippen molar-refractivity contribution >= 4 is 40.0 Å². The fourth-order valence-corrected chi connectivity index (χ4v) is 3.64. The average Bonchev–Trinajstić information content (AvgIpc) is 2.93. The highest BCUT2D eigenvalue weighted by Gasteiger charge is 2.53. The highest BCUT2D eigenvalue weighted by molar-refractivity contribution is 7.22. The van der Waals surface area contributed by atoms with Crippen LogP contribution in [-0.4, -0.2) is 31.4 Å². The summed E-state index contributed by atoms with van der Waals surface area (Å²) in [5, 5.41) is 0.978. The number of esters is 1. The lowest BCUT2D eigenvalue weighted by Crippen LogP contribution is -2.41. The fraction of sp³-hybridized carbons (Fsp3) is 0.438. The molecule has 0 spiro atoms. The molecular formula is C16H19BO4S. The predicted octanol–water partition coefficient (Wildman–Crippen LogP) is 2.99. The molecule has 0 N–H and O–H groups in total. The first-order valence-electron chi connectivity index (χ1n) is 7.22. The standard InChI is InChI=1S/C16H19BO4S/c1-15(2)16(3,4)21-17(20-15)12-10-8-6-7-9-11(10)22-13(12)14(18)19-5/h6-9H,1-5H3. The molecule has 1 aliphatic rings. The second-order valence-electron chi connectivity index (χ2n) is 6.42. The summed E-state index contributed by atoms with van der Waals surface area (Å²) >= 11 is 1.41. The smallest absolute Gasteiger partial charge is 0.465 e. The van der Waals surface area contributed by atoms with Gasteiger partial charge in [0.1, 0.15) is 4.88 Å². The summed E-state index contributed by atoms with van der Waals surface area (Å²) in [5.41, 5.74) is -0.131. The molecule has 0 bridgehead atoms. The van der Waals surface area contributed by atoms with Gasteiger partial charge >= 0.3 is 13.1 Å². The fourth-order valence-electron chi connectivity index (χ4n) is 2.50. The Labute approximate surface area is 134 Å². The largest absolute Gasteiger partial charge is 0.497 e. The van der Waals surface area contributed by atoms with Crippen molar-refractivity contribution in [2.45, 2.75) is 38.9 Å². The van der Waals surface area contributed by atoms with Gasteiger partial charge in [0.25, 0.3) is 0 Å². The number of methoxy groups -OCH3 is 1. The lowest BCUT2D eigenvalue weighted by Gasteiger charge is -2.32. The molecule has 1 aromatic heterocycles. The van der Waals surface area contributed by atoms with Crippen molar-refractivity contribution in [3.63, 3.8) is 0 Å². The van der Waals surface area contributed by atoms with E-state index in [0.717, 1.165) is 15.5 Å². The first-order valence-corrected chi connectivity index (χ1v) is 8.04. The Hall–Kier alpha value is -1.37. The van der Waals surface area contributed by atoms with Gasteiger partial charge in [0.15, 0.2) is 0 Å². The van der Waals surface area contributed by atoms with Crippen molar-refractivity contribution in [3.8, 4) is 0 Å². The van der Waals surface area contributed by atoms with Crippen LogP contribution in [0.1, 0.15) is 37.4 Å². The van der Waals surface area contributed by atoms with E-state index in [9.17, 15) is 4.79 Å². The van der Waals surface area contributed by atoms with Gasteiger partial charge in [-0.3, -0.25) is 0 Å². The average molecular weight is 318 g/mol. The Balaban J connectivity index is 2.16. The first kappa shape index (κ1) is 15.5. The second-order valence-corrected chi connectivity index (χ2v) is 7.47. The van der Waals surface area contributed by atoms with Gasteiger partial charge in [-0.1, -0.05) is 18.2 Å². The molecule has 0 atom stereocenters. The summed E-state index contributed by atoms with van der Waals surface area (Å²) in [6, 6.07) is 7.87. The maximum atomic E-state index is 12.2. The molecule has 1 aromatic carbocycles. The molecule has 2 aromatic rings. The topological polar surface area (TPSA) is 44.8 Å². The maximum Gasteiger partial charge on any atom is 0.497 e. The summed E-state index contributed by atoms with van der Waals surface area (Å²) in [7, 11) is 0.816. The number of rotatable bonds is 2. The van der Waals surface area contributed by atoms with Crippen LogP contribution >= 0.6 is 11.3 Å². The van der Waals surface area contributed by atoms with E-state index in [-0.39, 0.29) is 5.97 Å². The minimum Gasteiger partial charge on any atom is -0.465 e. The van der Waals surface area contributed by atoms with Crippen molar-refractivity contribution < 1.29 is 18.8 Å². The molecule has 1 saturated heterocycles. The number of ether oxygens (including phenoxy) is 1. The quantitative estimate of drug-likeness (QED) is 0.631. The van der Waals surface area contributed by atoms with Gasteiger partial charge in [-0.05, 0) is 39.1 Å². The van der Waals surface area contributed by atoms with E-state index in [2.05, 4.69) is 0 Å². The predicted molar refractivity (Wildman–Crippen MR) is 88.9 cm³/mol. The van der Waals surface area contributed by atoms with E-state index in [0.29, 0.717) is 4.88 Å². The Morgan fingerprint density at radius 1 is 1.14 bits per heavy atom. The van der Waals surface area contributed by atoms with E-state index in [1.165, 1.54) is 18.4 Å². The van der Waals surface area contributed by atoms with Crippen molar-refractivity contribution in [1.82, 2.24) is 0 Å². The third-order valence-corrected chi connectivity index (χ3v) is 5.66. The molecule has 1 fully saturated rings. The van der Waals surface area contributed by atoms with Gasteiger partial charge < -0.3 is 14.0 Å². The molecule has 0 unspecified atom stereocenters. The molecule has 1 aliphatic heterocycles. The molecule has 0 amide bonds. The van der Waals surface area contributed by atoms with E-state index in [4.69, 9.17) is 14.0 Å². The van der Waals surface area contributed by atoms with Crippen molar-refractivity contribution in [1.29, 1.82) is 0 Å². The van der Waals surface area contributed by atoms with E-state index in [1.807, 2.05) is 52.0 Å². The van der Waals surface area contributed by atoms with Crippen LogP contribution in [0.15, 0.2) is 24.3 Å². The zero-order valence-electron chi connectivity index (χ0n) is 13.4. The number of carbonyl (C=O) groups excluding carboxylic acids is 1. The van der Waals surface area contributed by atoms with Crippen molar-refractivity contribution in [2.24, 2.45) is 0 Å². The number of fused-ring (bicyclic) bond motifs is 1. The third-order valence-electron chi connectivity index (χ3n) is 4.49.